The molecule has 3 rings (SSSR count). The number of nitrogens with zero attached hydrogens (tertiary/aromatic N) is 3. The molecular formula is C34H52N4O. The van der Waals surface area contributed by atoms with E-state index >= 15 is 0 Å². The number of aromatic nitrogens is 3. The second kappa shape index (κ2) is 19.4. The highest BCUT2D eigenvalue weighted by atomic mass is 16.1. The molecule has 0 spiro atoms. The molecule has 0 aliphatic heterocycles. The van der Waals surface area contributed by atoms with Crippen LogP contribution < -0.4 is 5.32 Å². The molecule has 214 valence electrons. The number of para-hydroxylation sites is 2. The molecule has 2 aromatic heterocycles. The number of benzene rings is 1. The van der Waals surface area contributed by atoms with Crippen LogP contribution in [0.4, 0.5) is 0 Å². The van der Waals surface area contributed by atoms with Crippen molar-refractivity contribution in [3.63, 3.8) is 0 Å². The van der Waals surface area contributed by atoms with Crippen LogP contribution in [0, 0.1) is 0 Å². The first-order valence-electron chi connectivity index (χ1n) is 15.9. The predicted octanol–water partition coefficient (Wildman–Crippen LogP) is 9.06. The van der Waals surface area contributed by atoms with Gasteiger partial charge in [0.15, 0.2) is 0 Å². The van der Waals surface area contributed by atoms with Crippen LogP contribution in [0.15, 0.2) is 48.8 Å². The van der Waals surface area contributed by atoms with Crippen LogP contribution in [0.1, 0.15) is 132 Å². The Hall–Kier alpha value is -2.69. The summed E-state index contributed by atoms with van der Waals surface area (Å²) in [7, 11) is 0. The number of rotatable bonds is 22. The molecule has 39 heavy (non-hydrogen) atoms. The van der Waals surface area contributed by atoms with Gasteiger partial charge in [0.25, 0.3) is 5.91 Å². The number of amides is 1. The molecule has 1 aromatic carbocycles. The highest BCUT2D eigenvalue weighted by Gasteiger charge is 2.11. The molecular weight excluding hydrogens is 480 g/mol. The lowest BCUT2D eigenvalue weighted by molar-refractivity contribution is 0.0952. The third-order valence-corrected chi connectivity index (χ3v) is 7.76. The second-order valence-corrected chi connectivity index (χ2v) is 11.1. The fourth-order valence-electron chi connectivity index (χ4n) is 5.43. The van der Waals surface area contributed by atoms with E-state index in [2.05, 4.69) is 46.1 Å². The van der Waals surface area contributed by atoms with Gasteiger partial charge >= 0.3 is 0 Å². The smallest absolute Gasteiger partial charge is 0.252 e. The molecule has 0 bridgehead atoms. The maximum absolute atomic E-state index is 12.3. The quantitative estimate of drug-likeness (QED) is 0.131. The van der Waals surface area contributed by atoms with E-state index in [4.69, 9.17) is 4.98 Å². The minimum absolute atomic E-state index is 0.0650. The van der Waals surface area contributed by atoms with Gasteiger partial charge in [-0.3, -0.25) is 9.78 Å². The Morgan fingerprint density at radius 1 is 0.744 bits per heavy atom. The molecule has 2 heterocycles. The summed E-state index contributed by atoms with van der Waals surface area (Å²) < 4.78 is 2.40. The molecule has 5 nitrogen and oxygen atoms in total. The van der Waals surface area contributed by atoms with Crippen molar-refractivity contribution in [1.29, 1.82) is 0 Å². The largest absolute Gasteiger partial charge is 0.352 e. The topological polar surface area (TPSA) is 59.8 Å². The van der Waals surface area contributed by atoms with Crippen molar-refractivity contribution in [2.75, 3.05) is 6.54 Å². The molecule has 0 atom stereocenters. The molecule has 0 saturated heterocycles. The zero-order chi connectivity index (χ0) is 27.4. The van der Waals surface area contributed by atoms with Gasteiger partial charge in [0.1, 0.15) is 5.82 Å². The van der Waals surface area contributed by atoms with Crippen molar-refractivity contribution in [3.8, 4) is 0 Å². The number of fused-ring (bicyclic) bond motifs is 1. The van der Waals surface area contributed by atoms with Gasteiger partial charge in [-0.05, 0) is 37.1 Å². The molecule has 3 aromatic rings. The molecule has 0 radical (unpaired) electrons. The van der Waals surface area contributed by atoms with Crippen LogP contribution >= 0.6 is 0 Å². The van der Waals surface area contributed by atoms with E-state index in [-0.39, 0.29) is 5.91 Å². The maximum Gasteiger partial charge on any atom is 0.252 e. The summed E-state index contributed by atoms with van der Waals surface area (Å²) in [5.74, 6) is 1.07. The number of nitrogens with one attached hydrogen (secondary N) is 1. The van der Waals surface area contributed by atoms with Gasteiger partial charge in [0.2, 0.25) is 0 Å². The Balaban J connectivity index is 1.26. The van der Waals surface area contributed by atoms with Crippen molar-refractivity contribution in [2.45, 2.75) is 129 Å². The van der Waals surface area contributed by atoms with Gasteiger partial charge in [-0.1, -0.05) is 115 Å². The van der Waals surface area contributed by atoms with E-state index in [0.29, 0.717) is 12.1 Å². The molecule has 0 aliphatic carbocycles. The number of carbonyl (C=O) groups excluding carboxylic acids is 1. The fraction of sp³-hybridized carbons (Fsp3) is 0.618. The third-order valence-electron chi connectivity index (χ3n) is 7.76. The third kappa shape index (κ3) is 11.9. The van der Waals surface area contributed by atoms with Crippen molar-refractivity contribution in [3.05, 3.63) is 60.2 Å². The van der Waals surface area contributed by atoms with Crippen molar-refractivity contribution >= 4 is 16.9 Å². The zero-order valence-electron chi connectivity index (χ0n) is 24.5. The SMILES string of the molecule is CCCCCCCCCCCCCCCCCCn1c(CCCNC(=O)c2cccnc2)nc2ccccc21. The summed E-state index contributed by atoms with van der Waals surface area (Å²) in [4.78, 5) is 21.2. The van der Waals surface area contributed by atoms with E-state index in [0.717, 1.165) is 30.7 Å². The standard InChI is InChI=1S/C34H52N4O/c1-2-3-4-5-6-7-8-9-10-11-12-13-14-15-16-19-28-38-32-24-18-17-23-31(32)37-33(38)25-21-27-36-34(39)30-22-20-26-35-29-30/h17-18,20,22-24,26,29H,2-16,19,21,25,27-28H2,1H3,(H,36,39). The molecule has 0 unspecified atom stereocenters. The molecule has 0 saturated carbocycles. The lowest BCUT2D eigenvalue weighted by atomic mass is 10.0. The average Bonchev–Trinajstić information content (AvgIpc) is 3.32. The summed E-state index contributed by atoms with van der Waals surface area (Å²) in [5.41, 5.74) is 2.91. The molecule has 1 N–H and O–H groups in total. The highest BCUT2D eigenvalue weighted by molar-refractivity contribution is 5.93. The van der Waals surface area contributed by atoms with Crippen molar-refractivity contribution < 1.29 is 4.79 Å². The van der Waals surface area contributed by atoms with Crippen molar-refractivity contribution in [1.82, 2.24) is 19.9 Å². The van der Waals surface area contributed by atoms with Gasteiger partial charge in [-0.15, -0.1) is 0 Å². The monoisotopic (exact) mass is 532 g/mol. The van der Waals surface area contributed by atoms with Crippen molar-refractivity contribution in [2.24, 2.45) is 0 Å². The number of unbranched alkanes of at least 4 members (excludes halogenated alkanes) is 15. The molecule has 0 aliphatic rings. The first-order valence-corrected chi connectivity index (χ1v) is 15.9. The van der Waals surface area contributed by atoms with Crippen LogP contribution in [0.25, 0.3) is 11.0 Å². The molecule has 5 heteroatoms. The number of hydrogen-bond donors (Lipinski definition) is 1. The van der Waals surface area contributed by atoms with E-state index in [9.17, 15) is 4.79 Å². The summed E-state index contributed by atoms with van der Waals surface area (Å²) in [5, 5.41) is 3.01. The van der Waals surface area contributed by atoms with Gasteiger partial charge in [0.05, 0.1) is 16.6 Å². The Morgan fingerprint density at radius 2 is 1.36 bits per heavy atom. The summed E-state index contributed by atoms with van der Waals surface area (Å²) >= 11 is 0. The van der Waals surface area contributed by atoms with Crippen LogP contribution in [0.3, 0.4) is 0 Å². The van der Waals surface area contributed by atoms with E-state index in [1.807, 2.05) is 0 Å². The maximum atomic E-state index is 12.3. The normalized spacial score (nSPS) is 11.3. The number of pyridine rings is 1. The summed E-state index contributed by atoms with van der Waals surface area (Å²) in [6.45, 7) is 3.95. The van der Waals surface area contributed by atoms with E-state index < -0.39 is 0 Å². The van der Waals surface area contributed by atoms with Crippen LogP contribution in [0.5, 0.6) is 0 Å². The van der Waals surface area contributed by atoms with Gasteiger partial charge < -0.3 is 9.88 Å². The Kier molecular flexibility index (Phi) is 15.3. The summed E-state index contributed by atoms with van der Waals surface area (Å²) in [6, 6.07) is 12.0. The Bertz CT molecular complexity index is 1050. The number of aryl methyl sites for hydroxylation is 2. The Labute approximate surface area is 237 Å². The highest BCUT2D eigenvalue weighted by Crippen LogP contribution is 2.19. The predicted molar refractivity (Wildman–Crippen MR) is 164 cm³/mol. The van der Waals surface area contributed by atoms with E-state index in [1.165, 1.54) is 108 Å². The molecule has 0 fully saturated rings. The fourth-order valence-corrected chi connectivity index (χ4v) is 5.43. The lowest BCUT2D eigenvalue weighted by Crippen LogP contribution is -2.25. The number of hydrogen-bond acceptors (Lipinski definition) is 3. The number of carbonyl (C=O) groups is 1. The molecule has 1 amide bonds. The first-order chi connectivity index (χ1) is 19.3. The van der Waals surface area contributed by atoms with Crippen LogP contribution in [-0.4, -0.2) is 27.0 Å². The van der Waals surface area contributed by atoms with Crippen LogP contribution in [-0.2, 0) is 13.0 Å². The van der Waals surface area contributed by atoms with Gasteiger partial charge in [0, 0.05) is 31.9 Å². The number of imidazole rings is 1. The lowest BCUT2D eigenvalue weighted by Gasteiger charge is -2.10. The second-order valence-electron chi connectivity index (χ2n) is 11.1. The van der Waals surface area contributed by atoms with Gasteiger partial charge in [-0.2, -0.15) is 0 Å². The zero-order valence-corrected chi connectivity index (χ0v) is 24.5. The summed E-state index contributed by atoms with van der Waals surface area (Å²) in [6.07, 6.45) is 27.3. The first kappa shape index (κ1) is 30.8. The minimum Gasteiger partial charge on any atom is -0.352 e. The van der Waals surface area contributed by atoms with Crippen LogP contribution in [0.2, 0.25) is 0 Å². The van der Waals surface area contributed by atoms with Gasteiger partial charge in [-0.25, -0.2) is 4.98 Å². The minimum atomic E-state index is -0.0650. The Morgan fingerprint density at radius 3 is 1.97 bits per heavy atom. The average molecular weight is 533 g/mol. The van der Waals surface area contributed by atoms with E-state index in [1.54, 1.807) is 24.5 Å².